The minimum Gasteiger partial charge on any atom is -0.382 e. The van der Waals surface area contributed by atoms with Crippen LogP contribution in [0, 0.1) is 5.82 Å². The zero-order valence-electron chi connectivity index (χ0n) is 10.3. The fourth-order valence-electron chi connectivity index (χ4n) is 1.87. The number of aliphatic hydroxyl groups excluding tert-OH is 1. The first-order chi connectivity index (χ1) is 9.04. The van der Waals surface area contributed by atoms with Gasteiger partial charge in [-0.3, -0.25) is 4.68 Å². The summed E-state index contributed by atoms with van der Waals surface area (Å²) in [4.78, 5) is 0. The third-order valence-electron chi connectivity index (χ3n) is 2.79. The van der Waals surface area contributed by atoms with Crippen molar-refractivity contribution < 1.29 is 9.50 Å². The molecule has 1 aromatic heterocycles. The highest BCUT2D eigenvalue weighted by Crippen LogP contribution is 2.30. The van der Waals surface area contributed by atoms with Crippen molar-refractivity contribution in [2.45, 2.75) is 26.0 Å². The molecule has 3 nitrogen and oxygen atoms in total. The van der Waals surface area contributed by atoms with Crippen molar-refractivity contribution in [2.75, 3.05) is 0 Å². The fourth-order valence-corrected chi connectivity index (χ4v) is 2.63. The van der Waals surface area contributed by atoms with Crippen LogP contribution in [0.15, 0.2) is 33.3 Å². The molecule has 102 valence electrons. The number of aliphatic hydroxyl groups is 1. The van der Waals surface area contributed by atoms with Crippen molar-refractivity contribution in [3.05, 3.63) is 50.4 Å². The molecule has 6 heteroatoms. The highest BCUT2D eigenvalue weighted by molar-refractivity contribution is 9.10. The third kappa shape index (κ3) is 3.07. The molecule has 0 radical (unpaired) electrons. The number of rotatable bonds is 4. The van der Waals surface area contributed by atoms with Crippen LogP contribution >= 0.6 is 31.9 Å². The molecule has 0 bridgehead atoms. The van der Waals surface area contributed by atoms with Gasteiger partial charge in [0.15, 0.2) is 0 Å². The van der Waals surface area contributed by atoms with Crippen molar-refractivity contribution >= 4 is 31.9 Å². The number of halogens is 3. The molecule has 1 heterocycles. The predicted octanol–water partition coefficient (Wildman–Crippen LogP) is 4.04. The number of aromatic nitrogens is 2. The smallest absolute Gasteiger partial charge is 0.137 e. The SMILES string of the molecule is CCCn1ncc(Br)c1C(O)c1ccc(Br)c(F)c1. The molecule has 0 aliphatic carbocycles. The molecule has 19 heavy (non-hydrogen) atoms. The van der Waals surface area contributed by atoms with Crippen LogP contribution < -0.4 is 0 Å². The number of hydrogen-bond donors (Lipinski definition) is 1. The molecule has 0 saturated carbocycles. The summed E-state index contributed by atoms with van der Waals surface area (Å²) in [6.45, 7) is 2.74. The van der Waals surface area contributed by atoms with Crippen LogP contribution in [0.3, 0.4) is 0 Å². The molecule has 0 fully saturated rings. The Morgan fingerprint density at radius 2 is 2.11 bits per heavy atom. The van der Waals surface area contributed by atoms with Crippen molar-refractivity contribution in [3.63, 3.8) is 0 Å². The number of nitrogens with zero attached hydrogens (tertiary/aromatic N) is 2. The lowest BCUT2D eigenvalue weighted by Crippen LogP contribution is -2.11. The number of aryl methyl sites for hydroxylation is 1. The van der Waals surface area contributed by atoms with E-state index in [-0.39, 0.29) is 0 Å². The second kappa shape index (κ2) is 6.15. The number of hydrogen-bond acceptors (Lipinski definition) is 2. The second-order valence-corrected chi connectivity index (χ2v) is 5.89. The van der Waals surface area contributed by atoms with E-state index in [1.165, 1.54) is 6.07 Å². The molecular formula is C13H13Br2FN2O. The first-order valence-corrected chi connectivity index (χ1v) is 7.47. The quantitative estimate of drug-likeness (QED) is 0.853. The zero-order chi connectivity index (χ0) is 14.0. The monoisotopic (exact) mass is 390 g/mol. The summed E-state index contributed by atoms with van der Waals surface area (Å²) < 4.78 is 16.4. The van der Waals surface area contributed by atoms with Gasteiger partial charge in [-0.05, 0) is 56.0 Å². The van der Waals surface area contributed by atoms with Gasteiger partial charge < -0.3 is 5.11 Å². The van der Waals surface area contributed by atoms with Gasteiger partial charge >= 0.3 is 0 Å². The molecule has 0 aliphatic rings. The molecule has 0 aliphatic heterocycles. The highest BCUT2D eigenvalue weighted by Gasteiger charge is 2.20. The average molecular weight is 392 g/mol. The van der Waals surface area contributed by atoms with Gasteiger partial charge in [-0.15, -0.1) is 0 Å². The Morgan fingerprint density at radius 3 is 2.74 bits per heavy atom. The van der Waals surface area contributed by atoms with E-state index in [0.29, 0.717) is 22.3 Å². The topological polar surface area (TPSA) is 38.0 Å². The van der Waals surface area contributed by atoms with E-state index in [1.807, 2.05) is 6.92 Å². The van der Waals surface area contributed by atoms with Gasteiger partial charge in [-0.1, -0.05) is 13.0 Å². The first kappa shape index (κ1) is 14.7. The highest BCUT2D eigenvalue weighted by atomic mass is 79.9. The maximum absolute atomic E-state index is 13.5. The fraction of sp³-hybridized carbons (Fsp3) is 0.308. The van der Waals surface area contributed by atoms with Crippen molar-refractivity contribution in [2.24, 2.45) is 0 Å². The van der Waals surface area contributed by atoms with Gasteiger partial charge in [0.1, 0.15) is 11.9 Å². The summed E-state index contributed by atoms with van der Waals surface area (Å²) in [7, 11) is 0. The van der Waals surface area contributed by atoms with Crippen LogP contribution in [0.1, 0.15) is 30.7 Å². The van der Waals surface area contributed by atoms with E-state index in [1.54, 1.807) is 23.0 Å². The maximum Gasteiger partial charge on any atom is 0.137 e. The molecule has 1 N–H and O–H groups in total. The van der Waals surface area contributed by atoms with Crippen LogP contribution in [0.5, 0.6) is 0 Å². The van der Waals surface area contributed by atoms with Gasteiger partial charge in [0.25, 0.3) is 0 Å². The molecular weight excluding hydrogens is 379 g/mol. The Morgan fingerprint density at radius 1 is 1.37 bits per heavy atom. The van der Waals surface area contributed by atoms with E-state index >= 15 is 0 Å². The molecule has 0 amide bonds. The summed E-state index contributed by atoms with van der Waals surface area (Å²) in [6.07, 6.45) is 1.64. The van der Waals surface area contributed by atoms with E-state index in [0.717, 1.165) is 10.9 Å². The van der Waals surface area contributed by atoms with Gasteiger partial charge in [0.05, 0.1) is 20.8 Å². The zero-order valence-corrected chi connectivity index (χ0v) is 13.4. The molecule has 2 rings (SSSR count). The summed E-state index contributed by atoms with van der Waals surface area (Å²) in [5.74, 6) is -0.394. The van der Waals surface area contributed by atoms with Gasteiger partial charge in [-0.2, -0.15) is 5.10 Å². The Labute approximate surface area is 127 Å². The summed E-state index contributed by atoms with van der Waals surface area (Å²) in [6, 6.07) is 4.60. The lowest BCUT2D eigenvalue weighted by Gasteiger charge is -2.14. The molecule has 1 aromatic carbocycles. The predicted molar refractivity (Wildman–Crippen MR) is 78.4 cm³/mol. The van der Waals surface area contributed by atoms with Crippen LogP contribution in [-0.2, 0) is 6.54 Å². The van der Waals surface area contributed by atoms with Crippen LogP contribution in [0.2, 0.25) is 0 Å². The van der Waals surface area contributed by atoms with Crippen LogP contribution in [-0.4, -0.2) is 14.9 Å². The van der Waals surface area contributed by atoms with E-state index in [9.17, 15) is 9.50 Å². The summed E-state index contributed by atoms with van der Waals surface area (Å²) in [5, 5.41) is 14.6. The largest absolute Gasteiger partial charge is 0.382 e. The second-order valence-electron chi connectivity index (χ2n) is 4.18. The molecule has 1 unspecified atom stereocenters. The van der Waals surface area contributed by atoms with Gasteiger partial charge in [0.2, 0.25) is 0 Å². The van der Waals surface area contributed by atoms with Crippen LogP contribution in [0.4, 0.5) is 4.39 Å². The minimum atomic E-state index is -0.911. The lowest BCUT2D eigenvalue weighted by atomic mass is 10.1. The van der Waals surface area contributed by atoms with Gasteiger partial charge in [-0.25, -0.2) is 4.39 Å². The summed E-state index contributed by atoms with van der Waals surface area (Å²) in [5.41, 5.74) is 1.14. The first-order valence-electron chi connectivity index (χ1n) is 5.88. The normalized spacial score (nSPS) is 12.7. The molecule has 0 saturated heterocycles. The van der Waals surface area contributed by atoms with Crippen molar-refractivity contribution in [1.82, 2.24) is 9.78 Å². The summed E-state index contributed by atoms with van der Waals surface area (Å²) >= 11 is 6.47. The Balaban J connectivity index is 2.40. The Hall–Kier alpha value is -0.720. The third-order valence-corrected chi connectivity index (χ3v) is 4.04. The average Bonchev–Trinajstić information content (AvgIpc) is 2.74. The Bertz CT molecular complexity index is 586. The maximum atomic E-state index is 13.5. The standard InChI is InChI=1S/C13H13Br2FN2O/c1-2-5-18-12(10(15)7-17-18)13(19)8-3-4-9(14)11(16)6-8/h3-4,6-7,13,19H,2,5H2,1H3. The van der Waals surface area contributed by atoms with E-state index in [4.69, 9.17) is 0 Å². The minimum absolute atomic E-state index is 0.379. The molecule has 1 atom stereocenters. The van der Waals surface area contributed by atoms with E-state index in [2.05, 4.69) is 37.0 Å². The van der Waals surface area contributed by atoms with E-state index < -0.39 is 11.9 Å². The van der Waals surface area contributed by atoms with Crippen molar-refractivity contribution in [3.8, 4) is 0 Å². The number of benzene rings is 1. The lowest BCUT2D eigenvalue weighted by molar-refractivity contribution is 0.206. The van der Waals surface area contributed by atoms with Crippen molar-refractivity contribution in [1.29, 1.82) is 0 Å². The van der Waals surface area contributed by atoms with Gasteiger partial charge in [0, 0.05) is 6.54 Å². The Kier molecular flexibility index (Phi) is 4.76. The molecule has 2 aromatic rings. The molecule has 0 spiro atoms. The van der Waals surface area contributed by atoms with Crippen LogP contribution in [0.25, 0.3) is 0 Å².